The van der Waals surface area contributed by atoms with Crippen molar-refractivity contribution in [2.24, 2.45) is 5.92 Å². The van der Waals surface area contributed by atoms with Gasteiger partial charge in [0.05, 0.1) is 18.1 Å². The topological polar surface area (TPSA) is 49.8 Å². The second-order valence-electron chi connectivity index (χ2n) is 7.86. The Labute approximate surface area is 186 Å². The van der Waals surface area contributed by atoms with Crippen LogP contribution in [0.5, 0.6) is 5.75 Å². The molecule has 0 atom stereocenters. The van der Waals surface area contributed by atoms with Crippen molar-refractivity contribution in [1.29, 1.82) is 0 Å². The van der Waals surface area contributed by atoms with Crippen molar-refractivity contribution in [3.05, 3.63) is 64.3 Å². The summed E-state index contributed by atoms with van der Waals surface area (Å²) in [5.74, 6) is -1.24. The largest absolute Gasteiger partial charge is 0.494 e. The smallest absolute Gasteiger partial charge is 0.418 e. The molecule has 2 heterocycles. The number of hydrogen-bond acceptors (Lipinski definition) is 4. The number of benzene rings is 2. The molecule has 170 valence electrons. The predicted molar refractivity (Wildman–Crippen MR) is 113 cm³/mol. The van der Waals surface area contributed by atoms with Crippen LogP contribution < -0.4 is 4.74 Å². The first-order chi connectivity index (χ1) is 15.2. The number of ether oxygens (including phenoxy) is 1. The van der Waals surface area contributed by atoms with Gasteiger partial charge in [-0.15, -0.1) is 11.3 Å². The zero-order valence-electron chi connectivity index (χ0n) is 17.0. The van der Waals surface area contributed by atoms with Crippen LogP contribution >= 0.6 is 11.3 Å². The van der Waals surface area contributed by atoms with Gasteiger partial charge < -0.3 is 9.84 Å². The van der Waals surface area contributed by atoms with Crippen molar-refractivity contribution in [2.75, 3.05) is 19.7 Å². The van der Waals surface area contributed by atoms with Crippen molar-refractivity contribution in [3.63, 3.8) is 0 Å². The first-order valence-electron chi connectivity index (χ1n) is 10.2. The molecular formula is C23H21F4NO3S. The van der Waals surface area contributed by atoms with Gasteiger partial charge in [-0.3, -0.25) is 9.69 Å². The van der Waals surface area contributed by atoms with E-state index in [-0.39, 0.29) is 35.7 Å². The second-order valence-corrected chi connectivity index (χ2v) is 9.00. The molecule has 0 radical (unpaired) electrons. The average Bonchev–Trinajstić information content (AvgIpc) is 3.06. The minimum atomic E-state index is -4.50. The van der Waals surface area contributed by atoms with Crippen LogP contribution in [0, 0.1) is 11.7 Å². The molecule has 3 aromatic rings. The fraction of sp³-hybridized carbons (Fsp3) is 0.348. The van der Waals surface area contributed by atoms with Gasteiger partial charge in [0.1, 0.15) is 11.6 Å². The van der Waals surface area contributed by atoms with E-state index in [1.54, 1.807) is 23.1 Å². The van der Waals surface area contributed by atoms with Crippen LogP contribution in [0.4, 0.5) is 17.6 Å². The first kappa shape index (κ1) is 22.5. The molecule has 1 fully saturated rings. The highest BCUT2D eigenvalue weighted by molar-refractivity contribution is 7.19. The number of rotatable bonds is 8. The van der Waals surface area contributed by atoms with Crippen LogP contribution in [0.1, 0.15) is 22.4 Å². The van der Waals surface area contributed by atoms with Crippen molar-refractivity contribution in [1.82, 2.24) is 4.90 Å². The number of alkyl halides is 3. The van der Waals surface area contributed by atoms with Crippen molar-refractivity contribution in [2.45, 2.75) is 25.6 Å². The Kier molecular flexibility index (Phi) is 6.39. The highest BCUT2D eigenvalue weighted by atomic mass is 32.1. The highest BCUT2D eigenvalue weighted by Crippen LogP contribution is 2.44. The van der Waals surface area contributed by atoms with E-state index >= 15 is 0 Å². The summed E-state index contributed by atoms with van der Waals surface area (Å²) in [5, 5.41) is 9.11. The number of hydrogen-bond donors (Lipinski definition) is 1. The minimum absolute atomic E-state index is 0.0752. The van der Waals surface area contributed by atoms with Crippen LogP contribution in [0.3, 0.4) is 0 Å². The Hall–Kier alpha value is -2.65. The Morgan fingerprint density at radius 3 is 2.53 bits per heavy atom. The molecule has 9 heteroatoms. The molecule has 0 bridgehead atoms. The molecule has 0 aliphatic carbocycles. The zero-order valence-corrected chi connectivity index (χ0v) is 17.8. The third-order valence-electron chi connectivity index (χ3n) is 5.48. The van der Waals surface area contributed by atoms with Gasteiger partial charge in [0, 0.05) is 34.6 Å². The molecule has 1 N–H and O–H groups in total. The summed E-state index contributed by atoms with van der Waals surface area (Å²) in [6.45, 7) is 0.968. The van der Waals surface area contributed by atoms with Crippen molar-refractivity contribution >= 4 is 27.4 Å². The van der Waals surface area contributed by atoms with Gasteiger partial charge >= 0.3 is 12.1 Å². The number of likely N-dealkylation sites (tertiary alicyclic amines) is 1. The number of carboxylic acids is 1. The number of nitrogens with zero attached hydrogens (tertiary/aromatic N) is 1. The summed E-state index contributed by atoms with van der Waals surface area (Å²) in [5.41, 5.74) is 0.332. The molecule has 0 amide bonds. The Bertz CT molecular complexity index is 1100. The predicted octanol–water partition coefficient (Wildman–Crippen LogP) is 5.59. The number of thiophene rings is 1. The number of carbonyl (C=O) groups is 1. The first-order valence-corrected chi connectivity index (χ1v) is 11.0. The Morgan fingerprint density at radius 2 is 1.88 bits per heavy atom. The number of aliphatic carboxylic acids is 1. The molecule has 1 aromatic heterocycles. The lowest BCUT2D eigenvalue weighted by Gasteiger charge is -2.36. The van der Waals surface area contributed by atoms with Gasteiger partial charge in [-0.2, -0.15) is 13.2 Å². The molecule has 2 aromatic carbocycles. The molecule has 4 nitrogen and oxygen atoms in total. The summed E-state index contributed by atoms with van der Waals surface area (Å²) >= 11 is 1.06. The van der Waals surface area contributed by atoms with Crippen molar-refractivity contribution in [3.8, 4) is 5.75 Å². The highest BCUT2D eigenvalue weighted by Gasteiger charge is 2.39. The van der Waals surface area contributed by atoms with Gasteiger partial charge in [0.2, 0.25) is 0 Å². The molecule has 32 heavy (non-hydrogen) atoms. The quantitative estimate of drug-likeness (QED) is 0.347. The number of halogens is 4. The lowest BCUT2D eigenvalue weighted by Crippen LogP contribution is -2.49. The van der Waals surface area contributed by atoms with Gasteiger partial charge in [0.15, 0.2) is 0 Å². The lowest BCUT2D eigenvalue weighted by molar-refractivity contribution is -0.148. The van der Waals surface area contributed by atoms with E-state index in [0.717, 1.165) is 16.9 Å². The van der Waals surface area contributed by atoms with Crippen LogP contribution in [0.2, 0.25) is 0 Å². The molecule has 4 rings (SSSR count). The van der Waals surface area contributed by atoms with E-state index in [1.807, 2.05) is 0 Å². The van der Waals surface area contributed by atoms with Crippen LogP contribution in [0.25, 0.3) is 10.1 Å². The molecule has 1 saturated heterocycles. The Balaban J connectivity index is 1.43. The normalized spacial score (nSPS) is 15.1. The summed E-state index contributed by atoms with van der Waals surface area (Å²) in [6.07, 6.45) is -3.11. The fourth-order valence-corrected chi connectivity index (χ4v) is 5.11. The fourth-order valence-electron chi connectivity index (χ4n) is 3.82. The molecule has 1 aliphatic heterocycles. The van der Waals surface area contributed by atoms with Gasteiger partial charge in [0.25, 0.3) is 0 Å². The van der Waals surface area contributed by atoms with Gasteiger partial charge in [-0.1, -0.05) is 12.1 Å². The number of carboxylic acid groups (broad SMARTS) is 1. The molecule has 0 unspecified atom stereocenters. The standard InChI is InChI=1S/C23H21F4NO3S/c24-16-5-3-14(4-6-16)2-1-9-31-17-7-8-18-19(10-17)32-20(21(18)23(25,26)27)13-28-11-15(12-28)22(29)30/h3-8,10,15H,1-2,9,11-13H2,(H,29,30). The SMILES string of the molecule is O=C(O)C1CN(Cc2sc3cc(OCCCc4ccc(F)cc4)ccc3c2C(F)(F)F)C1. The lowest BCUT2D eigenvalue weighted by atomic mass is 10.00. The van der Waals surface area contributed by atoms with E-state index < -0.39 is 23.6 Å². The minimum Gasteiger partial charge on any atom is -0.494 e. The Morgan fingerprint density at radius 1 is 1.16 bits per heavy atom. The summed E-state index contributed by atoms with van der Waals surface area (Å²) in [7, 11) is 0. The number of aryl methyl sites for hydroxylation is 1. The van der Waals surface area contributed by atoms with E-state index in [9.17, 15) is 22.4 Å². The third-order valence-corrected chi connectivity index (χ3v) is 6.62. The molecular weight excluding hydrogens is 446 g/mol. The summed E-state index contributed by atoms with van der Waals surface area (Å²) in [4.78, 5) is 12.9. The van der Waals surface area contributed by atoms with E-state index in [0.29, 0.717) is 29.9 Å². The summed E-state index contributed by atoms with van der Waals surface area (Å²) in [6, 6.07) is 10.8. The maximum Gasteiger partial charge on any atom is 0.418 e. The monoisotopic (exact) mass is 467 g/mol. The van der Waals surface area contributed by atoms with Crippen LogP contribution in [-0.2, 0) is 23.9 Å². The average molecular weight is 467 g/mol. The third kappa shape index (κ3) is 5.05. The molecule has 0 spiro atoms. The van der Waals surface area contributed by atoms with Gasteiger partial charge in [-0.05, 0) is 48.7 Å². The molecule has 1 aliphatic rings. The van der Waals surface area contributed by atoms with Crippen molar-refractivity contribution < 1.29 is 32.2 Å². The van der Waals surface area contributed by atoms with Crippen LogP contribution in [0.15, 0.2) is 42.5 Å². The second kappa shape index (κ2) is 9.07. The maximum atomic E-state index is 13.8. The van der Waals surface area contributed by atoms with Gasteiger partial charge in [-0.25, -0.2) is 4.39 Å². The van der Waals surface area contributed by atoms with Crippen LogP contribution in [-0.4, -0.2) is 35.7 Å². The van der Waals surface area contributed by atoms with E-state index in [1.165, 1.54) is 24.3 Å². The summed E-state index contributed by atoms with van der Waals surface area (Å²) < 4.78 is 60.4. The zero-order chi connectivity index (χ0) is 22.9. The maximum absolute atomic E-state index is 13.8. The molecule has 0 saturated carbocycles. The van der Waals surface area contributed by atoms with E-state index in [2.05, 4.69) is 0 Å². The van der Waals surface area contributed by atoms with E-state index in [4.69, 9.17) is 9.84 Å². The number of fused-ring (bicyclic) bond motifs is 1.